The van der Waals surface area contributed by atoms with Gasteiger partial charge in [-0.2, -0.15) is 10.1 Å². The average molecular weight is 382 g/mol. The van der Waals surface area contributed by atoms with Crippen molar-refractivity contribution < 1.29 is 9.32 Å². The Morgan fingerprint density at radius 1 is 1.36 bits per heavy atom. The standard InChI is InChI=1S/C20H26N6O2/c1-4-25(20(27)22-16(3)9-12-26-11-6-10-21-26)14-18-23-19(24-28-18)17-8-5-7-15(2)13-17/h5-8,10-11,13,16H,4,9,12,14H2,1-3H3,(H,22,27). The molecule has 0 bridgehead atoms. The topological polar surface area (TPSA) is 89.1 Å². The Hall–Kier alpha value is -3.16. The van der Waals surface area contributed by atoms with Crippen LogP contribution in [-0.4, -0.2) is 43.4 Å². The summed E-state index contributed by atoms with van der Waals surface area (Å²) in [5.74, 6) is 0.945. The molecule has 3 aromatic rings. The Morgan fingerprint density at radius 3 is 2.93 bits per heavy atom. The second-order valence-electron chi connectivity index (χ2n) is 6.80. The molecule has 2 aromatic heterocycles. The summed E-state index contributed by atoms with van der Waals surface area (Å²) < 4.78 is 7.20. The Labute approximate surface area is 164 Å². The van der Waals surface area contributed by atoms with Crippen LogP contribution in [-0.2, 0) is 13.1 Å². The van der Waals surface area contributed by atoms with Crippen LogP contribution in [0.2, 0.25) is 0 Å². The first-order valence-corrected chi connectivity index (χ1v) is 9.47. The van der Waals surface area contributed by atoms with Gasteiger partial charge in [-0.3, -0.25) is 4.68 Å². The van der Waals surface area contributed by atoms with E-state index in [1.165, 1.54) is 0 Å². The summed E-state index contributed by atoms with van der Waals surface area (Å²) >= 11 is 0. The lowest BCUT2D eigenvalue weighted by Crippen LogP contribution is -2.43. The van der Waals surface area contributed by atoms with Gasteiger partial charge in [0.15, 0.2) is 0 Å². The zero-order valence-electron chi connectivity index (χ0n) is 16.5. The molecule has 28 heavy (non-hydrogen) atoms. The van der Waals surface area contributed by atoms with Gasteiger partial charge < -0.3 is 14.7 Å². The summed E-state index contributed by atoms with van der Waals surface area (Å²) in [4.78, 5) is 18.7. The van der Waals surface area contributed by atoms with Gasteiger partial charge in [-0.25, -0.2) is 4.79 Å². The number of aromatic nitrogens is 4. The highest BCUT2D eigenvalue weighted by Crippen LogP contribution is 2.17. The maximum atomic E-state index is 12.6. The molecule has 0 aliphatic carbocycles. The number of urea groups is 1. The molecule has 1 atom stereocenters. The lowest BCUT2D eigenvalue weighted by atomic mass is 10.1. The van der Waals surface area contributed by atoms with Crippen LogP contribution in [0.15, 0.2) is 47.2 Å². The maximum absolute atomic E-state index is 12.6. The van der Waals surface area contributed by atoms with Crippen molar-refractivity contribution in [1.82, 2.24) is 30.1 Å². The fourth-order valence-electron chi connectivity index (χ4n) is 2.84. The first kappa shape index (κ1) is 19.6. The number of nitrogens with zero attached hydrogens (tertiary/aromatic N) is 5. The van der Waals surface area contributed by atoms with Crippen molar-refractivity contribution in [3.05, 3.63) is 54.2 Å². The third kappa shape index (κ3) is 5.18. The first-order valence-electron chi connectivity index (χ1n) is 9.47. The highest BCUT2D eigenvalue weighted by Gasteiger charge is 2.18. The van der Waals surface area contributed by atoms with Crippen LogP contribution in [0.4, 0.5) is 4.79 Å². The van der Waals surface area contributed by atoms with Crippen LogP contribution in [0.3, 0.4) is 0 Å². The van der Waals surface area contributed by atoms with E-state index in [4.69, 9.17) is 4.52 Å². The Bertz CT molecular complexity index is 890. The Morgan fingerprint density at radius 2 is 2.21 bits per heavy atom. The van der Waals surface area contributed by atoms with Crippen LogP contribution in [0.25, 0.3) is 11.4 Å². The molecule has 0 aliphatic rings. The van der Waals surface area contributed by atoms with E-state index in [9.17, 15) is 4.79 Å². The second-order valence-corrected chi connectivity index (χ2v) is 6.80. The van der Waals surface area contributed by atoms with Crippen molar-refractivity contribution in [1.29, 1.82) is 0 Å². The molecule has 1 aromatic carbocycles. The predicted octanol–water partition coefficient (Wildman–Crippen LogP) is 3.25. The van der Waals surface area contributed by atoms with Gasteiger partial charge in [0.25, 0.3) is 0 Å². The minimum absolute atomic E-state index is 0.0243. The first-order chi connectivity index (χ1) is 13.5. The monoisotopic (exact) mass is 382 g/mol. The van der Waals surface area contributed by atoms with Crippen LogP contribution in [0, 0.1) is 6.92 Å². The largest absolute Gasteiger partial charge is 0.337 e. The van der Waals surface area contributed by atoms with E-state index in [1.807, 2.05) is 62.0 Å². The molecular weight excluding hydrogens is 356 g/mol. The van der Waals surface area contributed by atoms with E-state index in [0.29, 0.717) is 18.3 Å². The van der Waals surface area contributed by atoms with Gasteiger partial charge in [0.1, 0.15) is 6.54 Å². The van der Waals surface area contributed by atoms with Gasteiger partial charge in [-0.05, 0) is 39.3 Å². The van der Waals surface area contributed by atoms with Crippen molar-refractivity contribution in [2.24, 2.45) is 0 Å². The third-order valence-corrected chi connectivity index (χ3v) is 4.46. The molecule has 8 nitrogen and oxygen atoms in total. The molecule has 2 heterocycles. The van der Waals surface area contributed by atoms with Crippen molar-refractivity contribution in [2.75, 3.05) is 6.54 Å². The average Bonchev–Trinajstić information content (AvgIpc) is 3.36. The van der Waals surface area contributed by atoms with Crippen LogP contribution < -0.4 is 5.32 Å². The number of carbonyl (C=O) groups excluding carboxylic acids is 1. The quantitative estimate of drug-likeness (QED) is 0.646. The minimum atomic E-state index is -0.147. The number of rotatable bonds is 8. The fourth-order valence-corrected chi connectivity index (χ4v) is 2.84. The zero-order valence-corrected chi connectivity index (χ0v) is 16.5. The molecule has 0 saturated carbocycles. The van der Waals surface area contributed by atoms with Gasteiger partial charge >= 0.3 is 6.03 Å². The van der Waals surface area contributed by atoms with E-state index in [1.54, 1.807) is 11.1 Å². The molecule has 0 spiro atoms. The Balaban J connectivity index is 1.55. The number of amides is 2. The molecule has 3 rings (SSSR count). The molecule has 0 radical (unpaired) electrons. The molecule has 8 heteroatoms. The highest BCUT2D eigenvalue weighted by atomic mass is 16.5. The number of nitrogens with one attached hydrogen (secondary N) is 1. The summed E-state index contributed by atoms with van der Waals surface area (Å²) in [6.07, 6.45) is 4.45. The number of aryl methyl sites for hydroxylation is 2. The van der Waals surface area contributed by atoms with E-state index in [0.717, 1.165) is 24.1 Å². The molecule has 1 N–H and O–H groups in total. The van der Waals surface area contributed by atoms with Crippen LogP contribution >= 0.6 is 0 Å². The van der Waals surface area contributed by atoms with Gasteiger partial charge in [-0.1, -0.05) is 28.9 Å². The molecule has 0 saturated heterocycles. The van der Waals surface area contributed by atoms with Crippen LogP contribution in [0.5, 0.6) is 0 Å². The third-order valence-electron chi connectivity index (χ3n) is 4.46. The molecular formula is C20H26N6O2. The number of carbonyl (C=O) groups is 1. The van der Waals surface area contributed by atoms with Crippen molar-refractivity contribution in [3.8, 4) is 11.4 Å². The fraction of sp³-hybridized carbons (Fsp3) is 0.400. The number of hydrogen-bond donors (Lipinski definition) is 1. The van der Waals surface area contributed by atoms with E-state index in [-0.39, 0.29) is 18.6 Å². The summed E-state index contributed by atoms with van der Waals surface area (Å²) in [5, 5.41) is 11.2. The van der Waals surface area contributed by atoms with E-state index in [2.05, 4.69) is 20.6 Å². The number of hydrogen-bond acceptors (Lipinski definition) is 5. The molecule has 148 valence electrons. The summed E-state index contributed by atoms with van der Waals surface area (Å²) in [6.45, 7) is 7.49. The Kier molecular flexibility index (Phi) is 6.41. The summed E-state index contributed by atoms with van der Waals surface area (Å²) in [6, 6.07) is 9.67. The second kappa shape index (κ2) is 9.16. The van der Waals surface area contributed by atoms with E-state index < -0.39 is 0 Å². The molecule has 2 amide bonds. The smallest absolute Gasteiger partial charge is 0.318 e. The number of benzene rings is 1. The van der Waals surface area contributed by atoms with Crippen LogP contribution in [0.1, 0.15) is 31.7 Å². The zero-order chi connectivity index (χ0) is 19.9. The molecule has 1 unspecified atom stereocenters. The highest BCUT2D eigenvalue weighted by molar-refractivity contribution is 5.74. The normalized spacial score (nSPS) is 12.0. The lowest BCUT2D eigenvalue weighted by molar-refractivity contribution is 0.185. The van der Waals surface area contributed by atoms with E-state index >= 15 is 0 Å². The SMILES string of the molecule is CCN(Cc1nc(-c2cccc(C)c2)no1)C(=O)NC(C)CCn1cccn1. The lowest BCUT2D eigenvalue weighted by Gasteiger charge is -2.22. The summed E-state index contributed by atoms with van der Waals surface area (Å²) in [7, 11) is 0. The minimum Gasteiger partial charge on any atom is -0.337 e. The maximum Gasteiger partial charge on any atom is 0.318 e. The summed E-state index contributed by atoms with van der Waals surface area (Å²) in [5.41, 5.74) is 2.03. The molecule has 0 fully saturated rings. The van der Waals surface area contributed by atoms with Gasteiger partial charge in [0, 0.05) is 37.1 Å². The molecule has 0 aliphatic heterocycles. The van der Waals surface area contributed by atoms with Crippen molar-refractivity contribution in [2.45, 2.75) is 46.3 Å². The predicted molar refractivity (Wildman–Crippen MR) is 105 cm³/mol. The van der Waals surface area contributed by atoms with Gasteiger partial charge in [0.05, 0.1) is 0 Å². The van der Waals surface area contributed by atoms with Gasteiger partial charge in [0.2, 0.25) is 11.7 Å². The van der Waals surface area contributed by atoms with Crippen molar-refractivity contribution in [3.63, 3.8) is 0 Å². The van der Waals surface area contributed by atoms with Crippen molar-refractivity contribution >= 4 is 6.03 Å². The van der Waals surface area contributed by atoms with Gasteiger partial charge in [-0.15, -0.1) is 0 Å².